The third-order valence-corrected chi connectivity index (χ3v) is 2.50. The molecule has 0 radical (unpaired) electrons. The molecule has 1 aromatic rings. The molecule has 1 aromatic heterocycles. The van der Waals surface area contributed by atoms with Crippen molar-refractivity contribution in [3.63, 3.8) is 0 Å². The topological polar surface area (TPSA) is 37.0 Å². The first-order valence-electron chi connectivity index (χ1n) is 4.54. The van der Waals surface area contributed by atoms with Gasteiger partial charge in [-0.1, -0.05) is 17.7 Å². The molecule has 0 amide bonds. The summed E-state index contributed by atoms with van der Waals surface area (Å²) in [6.07, 6.45) is 0.749. The Morgan fingerprint density at radius 1 is 1.43 bits per heavy atom. The van der Waals surface area contributed by atoms with Gasteiger partial charge in [0, 0.05) is 0 Å². The molecular formula is C9H11ClFN3. The smallest absolute Gasteiger partial charge is 0.141 e. The lowest BCUT2D eigenvalue weighted by atomic mass is 9.91. The number of pyridine rings is 1. The molecule has 3 nitrogen and oxygen atoms in total. The van der Waals surface area contributed by atoms with Gasteiger partial charge in [0.2, 0.25) is 0 Å². The number of nitrogens with one attached hydrogen (secondary N) is 2. The van der Waals surface area contributed by atoms with Crippen molar-refractivity contribution in [1.29, 1.82) is 0 Å². The van der Waals surface area contributed by atoms with E-state index in [9.17, 15) is 4.39 Å². The van der Waals surface area contributed by atoms with E-state index in [0.29, 0.717) is 17.4 Å². The van der Waals surface area contributed by atoms with Gasteiger partial charge < -0.3 is 5.43 Å². The van der Waals surface area contributed by atoms with Gasteiger partial charge in [0.1, 0.15) is 17.1 Å². The van der Waals surface area contributed by atoms with Crippen LogP contribution in [0.25, 0.3) is 0 Å². The van der Waals surface area contributed by atoms with Gasteiger partial charge in [0.25, 0.3) is 0 Å². The van der Waals surface area contributed by atoms with Crippen molar-refractivity contribution in [3.05, 3.63) is 23.4 Å². The Balaban J connectivity index is 1.85. The summed E-state index contributed by atoms with van der Waals surface area (Å²) in [7, 11) is 0. The zero-order valence-electron chi connectivity index (χ0n) is 7.50. The van der Waals surface area contributed by atoms with E-state index in [-0.39, 0.29) is 6.04 Å². The van der Waals surface area contributed by atoms with Crippen molar-refractivity contribution in [3.8, 4) is 0 Å². The van der Waals surface area contributed by atoms with Crippen LogP contribution in [0.3, 0.4) is 0 Å². The van der Waals surface area contributed by atoms with E-state index in [4.69, 9.17) is 11.6 Å². The molecule has 1 fully saturated rings. The number of aromatic nitrogens is 1. The molecule has 0 aromatic carbocycles. The van der Waals surface area contributed by atoms with Crippen LogP contribution >= 0.6 is 11.6 Å². The number of halogens is 2. The monoisotopic (exact) mass is 215 g/mol. The predicted molar refractivity (Wildman–Crippen MR) is 53.9 cm³/mol. The Hall–Kier alpha value is -0.870. The minimum atomic E-state index is -0.748. The Kier molecular flexibility index (Phi) is 2.84. The average Bonchev–Trinajstić information content (AvgIpc) is 2.16. The maximum atomic E-state index is 12.8. The lowest BCUT2D eigenvalue weighted by Gasteiger charge is -2.31. The molecule has 14 heavy (non-hydrogen) atoms. The van der Waals surface area contributed by atoms with E-state index < -0.39 is 6.17 Å². The van der Waals surface area contributed by atoms with Crippen molar-refractivity contribution in [2.45, 2.75) is 25.1 Å². The van der Waals surface area contributed by atoms with E-state index >= 15 is 0 Å². The Morgan fingerprint density at radius 3 is 2.86 bits per heavy atom. The van der Waals surface area contributed by atoms with Gasteiger partial charge in [-0.2, -0.15) is 0 Å². The lowest BCUT2D eigenvalue weighted by Crippen LogP contribution is -2.48. The number of rotatable bonds is 3. The highest BCUT2D eigenvalue weighted by Crippen LogP contribution is 2.22. The van der Waals surface area contributed by atoms with Crippen molar-refractivity contribution in [2.75, 3.05) is 5.43 Å². The summed E-state index contributed by atoms with van der Waals surface area (Å²) in [5.41, 5.74) is 5.70. The van der Waals surface area contributed by atoms with Crippen LogP contribution in [-0.2, 0) is 0 Å². The molecule has 2 N–H and O–H groups in total. The molecule has 5 heteroatoms. The first-order valence-corrected chi connectivity index (χ1v) is 4.91. The number of hydrogen-bond acceptors (Lipinski definition) is 3. The highest BCUT2D eigenvalue weighted by Gasteiger charge is 2.30. The summed E-state index contributed by atoms with van der Waals surface area (Å²) < 4.78 is 12.8. The van der Waals surface area contributed by atoms with Crippen LogP contribution < -0.4 is 10.9 Å². The minimum Gasteiger partial charge on any atom is -0.305 e. The first-order chi connectivity index (χ1) is 6.75. The van der Waals surface area contributed by atoms with E-state index in [1.807, 2.05) is 0 Å². The van der Waals surface area contributed by atoms with Crippen LogP contribution in [0.1, 0.15) is 12.8 Å². The molecule has 2 unspecified atom stereocenters. The zero-order chi connectivity index (χ0) is 9.97. The molecule has 1 saturated carbocycles. The van der Waals surface area contributed by atoms with Gasteiger partial charge in [0.05, 0.1) is 6.04 Å². The van der Waals surface area contributed by atoms with Crippen molar-refractivity contribution in [1.82, 2.24) is 10.4 Å². The molecular weight excluding hydrogens is 205 g/mol. The fourth-order valence-electron chi connectivity index (χ4n) is 1.27. The lowest BCUT2D eigenvalue weighted by molar-refractivity contribution is 0.149. The van der Waals surface area contributed by atoms with Gasteiger partial charge in [0.15, 0.2) is 0 Å². The summed E-state index contributed by atoms with van der Waals surface area (Å²) in [4.78, 5) is 4.00. The van der Waals surface area contributed by atoms with Gasteiger partial charge in [-0.05, 0) is 25.0 Å². The highest BCUT2D eigenvalue weighted by atomic mass is 35.5. The fourth-order valence-corrected chi connectivity index (χ4v) is 1.43. The quantitative estimate of drug-likeness (QED) is 0.599. The van der Waals surface area contributed by atoms with Crippen LogP contribution in [0.15, 0.2) is 18.2 Å². The fraction of sp³-hybridized carbons (Fsp3) is 0.444. The van der Waals surface area contributed by atoms with Crippen molar-refractivity contribution >= 4 is 17.4 Å². The van der Waals surface area contributed by atoms with Crippen LogP contribution in [-0.4, -0.2) is 17.2 Å². The molecule has 0 saturated heterocycles. The zero-order valence-corrected chi connectivity index (χ0v) is 8.26. The molecule has 0 bridgehead atoms. The summed E-state index contributed by atoms with van der Waals surface area (Å²) in [5.74, 6) is 0.608. The molecule has 1 aliphatic rings. The van der Waals surface area contributed by atoms with Crippen molar-refractivity contribution in [2.24, 2.45) is 0 Å². The van der Waals surface area contributed by atoms with Gasteiger partial charge in [-0.3, -0.25) is 0 Å². The molecule has 0 spiro atoms. The Bertz CT molecular complexity index is 321. The Labute approximate surface area is 86.6 Å². The summed E-state index contributed by atoms with van der Waals surface area (Å²) >= 11 is 5.68. The van der Waals surface area contributed by atoms with E-state index in [1.54, 1.807) is 18.2 Å². The number of nitrogens with zero attached hydrogens (tertiary/aromatic N) is 1. The maximum absolute atomic E-state index is 12.8. The van der Waals surface area contributed by atoms with Crippen LogP contribution in [0.5, 0.6) is 0 Å². The third kappa shape index (κ3) is 2.13. The maximum Gasteiger partial charge on any atom is 0.141 e. The third-order valence-electron chi connectivity index (χ3n) is 2.29. The minimum absolute atomic E-state index is 0.101. The van der Waals surface area contributed by atoms with Gasteiger partial charge >= 0.3 is 0 Å². The molecule has 2 rings (SSSR count). The summed E-state index contributed by atoms with van der Waals surface area (Å²) in [6, 6.07) is 5.14. The highest BCUT2D eigenvalue weighted by molar-refractivity contribution is 6.29. The largest absolute Gasteiger partial charge is 0.305 e. The number of anilines is 1. The van der Waals surface area contributed by atoms with Crippen LogP contribution in [0.4, 0.5) is 10.2 Å². The summed E-state index contributed by atoms with van der Waals surface area (Å²) in [6.45, 7) is 0. The molecule has 76 valence electrons. The number of hydrogen-bond donors (Lipinski definition) is 2. The standard InChI is InChI=1S/C9H11ClFN3/c10-8-2-1-3-9(12-8)14-13-7-5-4-6(7)11/h1-3,6-7,13H,4-5H2,(H,12,14). The van der Waals surface area contributed by atoms with Crippen LogP contribution in [0.2, 0.25) is 5.15 Å². The van der Waals surface area contributed by atoms with Crippen LogP contribution in [0, 0.1) is 0 Å². The second-order valence-electron chi connectivity index (χ2n) is 3.31. The number of alkyl halides is 1. The summed E-state index contributed by atoms with van der Waals surface area (Å²) in [5, 5.41) is 0.419. The van der Waals surface area contributed by atoms with E-state index in [2.05, 4.69) is 15.8 Å². The van der Waals surface area contributed by atoms with Gasteiger partial charge in [-0.15, -0.1) is 0 Å². The van der Waals surface area contributed by atoms with Crippen molar-refractivity contribution < 1.29 is 4.39 Å². The second-order valence-corrected chi connectivity index (χ2v) is 3.70. The molecule has 1 heterocycles. The first kappa shape index (κ1) is 9.68. The molecule has 0 aliphatic heterocycles. The Morgan fingerprint density at radius 2 is 2.29 bits per heavy atom. The molecule has 1 aliphatic carbocycles. The second kappa shape index (κ2) is 4.11. The average molecular weight is 216 g/mol. The normalized spacial score (nSPS) is 25.6. The number of hydrazine groups is 1. The molecule has 2 atom stereocenters. The SMILES string of the molecule is FC1CCC1NNc1cccc(Cl)n1. The van der Waals surface area contributed by atoms with E-state index in [1.165, 1.54) is 0 Å². The van der Waals surface area contributed by atoms with Gasteiger partial charge in [-0.25, -0.2) is 14.8 Å². The van der Waals surface area contributed by atoms with E-state index in [0.717, 1.165) is 6.42 Å². The predicted octanol–water partition coefficient (Wildman–Crippen LogP) is 2.15.